The smallest absolute Gasteiger partial charge is 0.229 e. The number of nitrogens with two attached hydrogens (primary N) is 1. The Labute approximate surface area is 170 Å². The average Bonchev–Trinajstić information content (AvgIpc) is 3.02. The first-order valence-corrected chi connectivity index (χ1v) is 9.44. The number of hydrazine groups is 1. The van der Waals surface area contributed by atoms with Crippen molar-refractivity contribution in [2.24, 2.45) is 5.84 Å². The molecule has 4 N–H and O–H groups in total. The van der Waals surface area contributed by atoms with Gasteiger partial charge in [-0.15, -0.1) is 0 Å². The van der Waals surface area contributed by atoms with Crippen molar-refractivity contribution in [3.63, 3.8) is 0 Å². The number of aliphatic hydroxyl groups excluding tert-OH is 1. The molecule has 0 amide bonds. The summed E-state index contributed by atoms with van der Waals surface area (Å²) in [6, 6.07) is 5.86. The number of aliphatic hydroxyl groups is 1. The van der Waals surface area contributed by atoms with Crippen LogP contribution in [0.1, 0.15) is 29.2 Å². The zero-order chi connectivity index (χ0) is 21.1. The number of anilines is 2. The summed E-state index contributed by atoms with van der Waals surface area (Å²) in [6.45, 7) is 8.18. The van der Waals surface area contributed by atoms with E-state index in [4.69, 9.17) is 5.84 Å². The molecule has 154 valence electrons. The summed E-state index contributed by atoms with van der Waals surface area (Å²) in [6.07, 6.45) is 4.76. The fourth-order valence-electron chi connectivity index (χ4n) is 3.12. The van der Waals surface area contributed by atoms with Crippen LogP contribution < -0.4 is 11.2 Å². The van der Waals surface area contributed by atoms with Crippen LogP contribution >= 0.6 is 0 Å². The number of aryl methyl sites for hydroxylation is 3. The first-order valence-electron chi connectivity index (χ1n) is 9.44. The summed E-state index contributed by atoms with van der Waals surface area (Å²) < 4.78 is 16.1. The number of benzene rings is 1. The van der Waals surface area contributed by atoms with Gasteiger partial charge in [0, 0.05) is 30.7 Å². The molecule has 0 bridgehead atoms. The molecule has 29 heavy (non-hydrogen) atoms. The topological polar surface area (TPSA) is 92.2 Å². The van der Waals surface area contributed by atoms with Crippen LogP contribution in [0.5, 0.6) is 0 Å². The van der Waals surface area contributed by atoms with E-state index in [-0.39, 0.29) is 18.5 Å². The van der Waals surface area contributed by atoms with Crippen LogP contribution in [0, 0.1) is 26.6 Å². The minimum atomic E-state index is -0.522. The fraction of sp³-hybridized carbons (Fsp3) is 0.333. The molecule has 0 spiro atoms. The molecule has 3 rings (SSSR count). The number of hydrogen-bond acceptors (Lipinski definition) is 6. The summed E-state index contributed by atoms with van der Waals surface area (Å²) in [5, 5.41) is 14.0. The average molecular weight is 398 g/mol. The molecule has 0 radical (unpaired) electrons. The Morgan fingerprint density at radius 3 is 2.55 bits per heavy atom. The van der Waals surface area contributed by atoms with Crippen LogP contribution in [0.3, 0.4) is 0 Å². The zero-order valence-corrected chi connectivity index (χ0v) is 17.1. The molecule has 0 unspecified atom stereocenters. The third-order valence-electron chi connectivity index (χ3n) is 4.77. The number of nitrogens with one attached hydrogen (secondary N) is 1. The van der Waals surface area contributed by atoms with Crippen LogP contribution in [0.2, 0.25) is 0 Å². The highest BCUT2D eigenvalue weighted by molar-refractivity contribution is 5.56. The number of nitrogens with zero attached hydrogens (tertiary/aromatic N) is 4. The number of halogens is 1. The summed E-state index contributed by atoms with van der Waals surface area (Å²) in [4.78, 5) is 8.43. The third kappa shape index (κ3) is 4.97. The summed E-state index contributed by atoms with van der Waals surface area (Å²) >= 11 is 0. The molecule has 0 aliphatic rings. The van der Waals surface area contributed by atoms with E-state index in [0.29, 0.717) is 12.5 Å². The van der Waals surface area contributed by atoms with E-state index in [0.717, 1.165) is 34.1 Å². The summed E-state index contributed by atoms with van der Waals surface area (Å²) in [7, 11) is 0. The van der Waals surface area contributed by atoms with Crippen LogP contribution in [-0.2, 0) is 6.54 Å². The van der Waals surface area contributed by atoms with Crippen molar-refractivity contribution in [1.82, 2.24) is 19.5 Å². The van der Waals surface area contributed by atoms with E-state index < -0.39 is 5.82 Å². The fourth-order valence-corrected chi connectivity index (χ4v) is 3.12. The SMILES string of the molecule is Cc1cc(C)cc(Nc2ncc(F)c(-n3cc(C)c(CN(N)[C@@H](C)CO)c3)n2)c1. The van der Waals surface area contributed by atoms with Crippen LogP contribution in [-0.4, -0.2) is 37.3 Å². The van der Waals surface area contributed by atoms with Gasteiger partial charge in [-0.3, -0.25) is 5.84 Å². The second kappa shape index (κ2) is 8.69. The van der Waals surface area contributed by atoms with Crippen molar-refractivity contribution < 1.29 is 9.50 Å². The van der Waals surface area contributed by atoms with Crippen molar-refractivity contribution in [2.75, 3.05) is 11.9 Å². The lowest BCUT2D eigenvalue weighted by Gasteiger charge is -2.21. The quantitative estimate of drug-likeness (QED) is 0.418. The number of aromatic nitrogens is 3. The molecule has 2 heterocycles. The number of hydrogen-bond donors (Lipinski definition) is 3. The first-order chi connectivity index (χ1) is 13.8. The second-order valence-electron chi connectivity index (χ2n) is 7.44. The standard InChI is InChI=1S/C21H27FN6O/c1-13-5-14(2)7-18(6-13)25-21-24-8-19(22)20(26-21)27-9-15(3)17(10-27)11-28(23)16(4)12-29/h5-10,16,29H,11-12,23H2,1-4H3,(H,24,25,26)/t16-/m0/s1. The first kappa shape index (κ1) is 20.9. The molecule has 1 atom stereocenters. The lowest BCUT2D eigenvalue weighted by Crippen LogP contribution is -2.40. The third-order valence-corrected chi connectivity index (χ3v) is 4.77. The minimum absolute atomic E-state index is 0.0374. The van der Waals surface area contributed by atoms with E-state index in [1.54, 1.807) is 22.0 Å². The molecule has 0 saturated carbocycles. The molecule has 1 aromatic carbocycles. The Bertz CT molecular complexity index is 983. The molecule has 3 aromatic rings. The molecule has 2 aromatic heterocycles. The Kier molecular flexibility index (Phi) is 6.26. The molecule has 0 aliphatic heterocycles. The van der Waals surface area contributed by atoms with Gasteiger partial charge in [0.05, 0.1) is 12.8 Å². The normalized spacial score (nSPS) is 12.4. The van der Waals surface area contributed by atoms with Gasteiger partial charge >= 0.3 is 0 Å². The van der Waals surface area contributed by atoms with Crippen molar-refractivity contribution in [2.45, 2.75) is 40.3 Å². The molecule has 8 heteroatoms. The van der Waals surface area contributed by atoms with Gasteiger partial charge in [-0.25, -0.2) is 14.4 Å². The Morgan fingerprint density at radius 1 is 1.21 bits per heavy atom. The summed E-state index contributed by atoms with van der Waals surface area (Å²) in [5.74, 6) is 5.94. The van der Waals surface area contributed by atoms with Gasteiger partial charge in [-0.1, -0.05) is 6.07 Å². The van der Waals surface area contributed by atoms with Crippen molar-refractivity contribution >= 4 is 11.6 Å². The van der Waals surface area contributed by atoms with E-state index >= 15 is 0 Å². The predicted molar refractivity (Wildman–Crippen MR) is 112 cm³/mol. The van der Waals surface area contributed by atoms with Gasteiger partial charge in [-0.2, -0.15) is 4.98 Å². The summed E-state index contributed by atoms with van der Waals surface area (Å²) in [5.41, 5.74) is 4.95. The molecular formula is C21H27FN6O. The van der Waals surface area contributed by atoms with Crippen LogP contribution in [0.4, 0.5) is 16.0 Å². The van der Waals surface area contributed by atoms with Gasteiger partial charge < -0.3 is 15.0 Å². The van der Waals surface area contributed by atoms with E-state index in [9.17, 15) is 9.50 Å². The van der Waals surface area contributed by atoms with Crippen molar-refractivity contribution in [3.8, 4) is 5.82 Å². The van der Waals surface area contributed by atoms with Crippen LogP contribution in [0.15, 0.2) is 36.8 Å². The van der Waals surface area contributed by atoms with E-state index in [2.05, 4.69) is 21.4 Å². The Hall–Kier alpha value is -2.81. The second-order valence-corrected chi connectivity index (χ2v) is 7.44. The van der Waals surface area contributed by atoms with Gasteiger partial charge in [0.15, 0.2) is 11.6 Å². The largest absolute Gasteiger partial charge is 0.395 e. The van der Waals surface area contributed by atoms with Crippen molar-refractivity contribution in [1.29, 1.82) is 0 Å². The predicted octanol–water partition coefficient (Wildman–Crippen LogP) is 3.13. The lowest BCUT2D eigenvalue weighted by atomic mass is 10.1. The van der Waals surface area contributed by atoms with Gasteiger partial charge in [-0.05, 0) is 62.1 Å². The van der Waals surface area contributed by atoms with Crippen molar-refractivity contribution in [3.05, 3.63) is 64.9 Å². The van der Waals surface area contributed by atoms with E-state index in [1.807, 2.05) is 39.8 Å². The highest BCUT2D eigenvalue weighted by Crippen LogP contribution is 2.21. The maximum absolute atomic E-state index is 14.5. The molecular weight excluding hydrogens is 371 g/mol. The maximum atomic E-state index is 14.5. The highest BCUT2D eigenvalue weighted by Gasteiger charge is 2.15. The molecule has 0 fully saturated rings. The van der Waals surface area contributed by atoms with Gasteiger partial charge in [0.25, 0.3) is 0 Å². The maximum Gasteiger partial charge on any atom is 0.229 e. The molecule has 0 aliphatic carbocycles. The molecule has 0 saturated heterocycles. The van der Waals surface area contributed by atoms with E-state index in [1.165, 1.54) is 0 Å². The monoisotopic (exact) mass is 398 g/mol. The minimum Gasteiger partial charge on any atom is -0.395 e. The van der Waals surface area contributed by atoms with Gasteiger partial charge in [0.1, 0.15) is 0 Å². The Balaban J connectivity index is 1.87. The number of rotatable bonds is 7. The highest BCUT2D eigenvalue weighted by atomic mass is 19.1. The molecule has 7 nitrogen and oxygen atoms in total. The van der Waals surface area contributed by atoms with Crippen LogP contribution in [0.25, 0.3) is 5.82 Å². The Morgan fingerprint density at radius 2 is 1.90 bits per heavy atom. The van der Waals surface area contributed by atoms with Gasteiger partial charge in [0.2, 0.25) is 5.95 Å². The lowest BCUT2D eigenvalue weighted by molar-refractivity contribution is 0.129. The zero-order valence-electron chi connectivity index (χ0n) is 17.1.